The lowest BCUT2D eigenvalue weighted by Crippen LogP contribution is -2.54. The van der Waals surface area contributed by atoms with E-state index in [1.807, 2.05) is 24.4 Å². The van der Waals surface area contributed by atoms with E-state index in [9.17, 15) is 24.0 Å². The summed E-state index contributed by atoms with van der Waals surface area (Å²) in [6.07, 6.45) is 9.98. The fourth-order valence-electron chi connectivity index (χ4n) is 8.37. The van der Waals surface area contributed by atoms with Crippen LogP contribution in [-0.4, -0.2) is 110 Å². The van der Waals surface area contributed by atoms with Crippen LogP contribution < -0.4 is 15.5 Å². The second-order valence-corrected chi connectivity index (χ2v) is 16.0. The number of aromatic nitrogens is 4. The average Bonchev–Trinajstić information content (AvgIpc) is 3.89. The number of benzene rings is 1. The molecule has 4 aromatic rings. The summed E-state index contributed by atoms with van der Waals surface area (Å²) < 4.78 is 2.82. The minimum absolute atomic E-state index is 0.0440. The van der Waals surface area contributed by atoms with Gasteiger partial charge in [-0.25, -0.2) is 9.97 Å². The lowest BCUT2D eigenvalue weighted by molar-refractivity contribution is -0.136. The van der Waals surface area contributed by atoms with Gasteiger partial charge in [-0.3, -0.25) is 39.1 Å². The fourth-order valence-corrected chi connectivity index (χ4v) is 8.84. The van der Waals surface area contributed by atoms with Gasteiger partial charge in [0, 0.05) is 68.3 Å². The normalized spacial score (nSPS) is 19.5. The van der Waals surface area contributed by atoms with Gasteiger partial charge >= 0.3 is 0 Å². The molecule has 55 heavy (non-hydrogen) atoms. The predicted octanol–water partition coefficient (Wildman–Crippen LogP) is 4.65. The van der Waals surface area contributed by atoms with Crippen molar-refractivity contribution in [3.05, 3.63) is 69.6 Å². The second kappa shape index (κ2) is 14.8. The van der Waals surface area contributed by atoms with Crippen molar-refractivity contribution in [2.75, 3.05) is 44.4 Å². The Kier molecular flexibility index (Phi) is 9.88. The first kappa shape index (κ1) is 36.7. The van der Waals surface area contributed by atoms with Gasteiger partial charge in [0.15, 0.2) is 0 Å². The molecule has 0 bridgehead atoms. The van der Waals surface area contributed by atoms with Crippen molar-refractivity contribution in [1.82, 2.24) is 39.5 Å². The van der Waals surface area contributed by atoms with Crippen molar-refractivity contribution in [3.8, 4) is 0 Å². The zero-order valence-corrected chi connectivity index (χ0v) is 32.6. The summed E-state index contributed by atoms with van der Waals surface area (Å²) in [5.74, 6) is -1.05. The number of halogens is 1. The van der Waals surface area contributed by atoms with Crippen molar-refractivity contribution < 1.29 is 24.0 Å². The van der Waals surface area contributed by atoms with Crippen LogP contribution in [0.4, 0.5) is 17.5 Å². The van der Waals surface area contributed by atoms with E-state index in [4.69, 9.17) is 4.98 Å². The predicted molar refractivity (Wildman–Crippen MR) is 208 cm³/mol. The highest BCUT2D eigenvalue weighted by molar-refractivity contribution is 9.10. The molecule has 3 aromatic heterocycles. The van der Waals surface area contributed by atoms with Crippen LogP contribution >= 0.6 is 15.9 Å². The number of amides is 5. The van der Waals surface area contributed by atoms with Crippen molar-refractivity contribution in [2.24, 2.45) is 0 Å². The van der Waals surface area contributed by atoms with E-state index < -0.39 is 29.7 Å². The topological polar surface area (TPSA) is 166 Å². The molecule has 1 saturated carbocycles. The highest BCUT2D eigenvalue weighted by Gasteiger charge is 2.45. The van der Waals surface area contributed by atoms with Gasteiger partial charge in [-0.15, -0.1) is 0 Å². The van der Waals surface area contributed by atoms with E-state index >= 15 is 0 Å². The van der Waals surface area contributed by atoms with Crippen LogP contribution in [0.3, 0.4) is 0 Å². The van der Waals surface area contributed by atoms with Crippen molar-refractivity contribution >= 4 is 74.0 Å². The number of carbonyl (C=O) groups is 5. The lowest BCUT2D eigenvalue weighted by Gasteiger charge is -2.38. The molecule has 3 fully saturated rings. The molecule has 0 spiro atoms. The average molecular weight is 812 g/mol. The third-order valence-electron chi connectivity index (χ3n) is 11.4. The number of rotatable bonds is 9. The molecule has 4 aliphatic rings. The van der Waals surface area contributed by atoms with Gasteiger partial charge in [0.2, 0.25) is 17.8 Å². The minimum atomic E-state index is -0.998. The largest absolute Gasteiger partial charge is 0.370 e. The summed E-state index contributed by atoms with van der Waals surface area (Å²) in [5, 5.41) is 6.33. The number of imide groups is 2. The molecule has 6 heterocycles. The minimum Gasteiger partial charge on any atom is -0.370 e. The first-order valence-corrected chi connectivity index (χ1v) is 19.6. The van der Waals surface area contributed by atoms with Crippen LogP contribution in [0.2, 0.25) is 0 Å². The summed E-state index contributed by atoms with van der Waals surface area (Å²) in [6.45, 7) is 2.25. The van der Waals surface area contributed by atoms with Gasteiger partial charge in [-0.1, -0.05) is 28.8 Å². The van der Waals surface area contributed by atoms with Gasteiger partial charge in [-0.2, -0.15) is 4.98 Å². The Bertz CT molecular complexity index is 2210. The van der Waals surface area contributed by atoms with Gasteiger partial charge in [0.25, 0.3) is 17.7 Å². The maximum absolute atomic E-state index is 13.4. The molecule has 1 aliphatic carbocycles. The Hall–Kier alpha value is -5.22. The summed E-state index contributed by atoms with van der Waals surface area (Å²) in [4.78, 5) is 85.1. The third-order valence-corrected chi connectivity index (χ3v) is 12.1. The number of hydrogen-bond acceptors (Lipinski definition) is 11. The number of nitrogens with zero attached hydrogens (tertiary/aromatic N) is 8. The summed E-state index contributed by atoms with van der Waals surface area (Å²) >= 11 is 3.61. The number of piperidine rings is 2. The maximum atomic E-state index is 13.4. The molecule has 3 aliphatic heterocycles. The molecule has 286 valence electrons. The monoisotopic (exact) mass is 810 g/mol. The molecular weight excluding hydrogens is 768 g/mol. The summed E-state index contributed by atoms with van der Waals surface area (Å²) in [7, 11) is 5.60. The second-order valence-electron chi connectivity index (χ2n) is 15.1. The van der Waals surface area contributed by atoms with Gasteiger partial charge in [0.1, 0.15) is 23.2 Å². The van der Waals surface area contributed by atoms with Gasteiger partial charge in [-0.05, 0) is 75.0 Å². The quantitative estimate of drug-likeness (QED) is 0.226. The molecule has 2 saturated heterocycles. The number of carbonyl (C=O) groups excluding carboxylic acids is 5. The van der Waals surface area contributed by atoms with Crippen molar-refractivity contribution in [3.63, 3.8) is 0 Å². The number of anilines is 3. The van der Waals surface area contributed by atoms with Crippen molar-refractivity contribution in [2.45, 2.75) is 76.0 Å². The van der Waals surface area contributed by atoms with Crippen LogP contribution in [0, 0.1) is 0 Å². The van der Waals surface area contributed by atoms with Crippen LogP contribution in [0.15, 0.2) is 47.2 Å². The highest BCUT2D eigenvalue weighted by atomic mass is 79.9. The van der Waals surface area contributed by atoms with E-state index in [0.717, 1.165) is 83.3 Å². The lowest BCUT2D eigenvalue weighted by atomic mass is 10.0. The van der Waals surface area contributed by atoms with Gasteiger partial charge < -0.3 is 19.7 Å². The highest BCUT2D eigenvalue weighted by Crippen LogP contribution is 2.36. The van der Waals surface area contributed by atoms with E-state index in [1.165, 1.54) is 0 Å². The zero-order valence-electron chi connectivity index (χ0n) is 31.0. The number of hydrogen-bond donors (Lipinski definition) is 2. The molecule has 8 rings (SSSR count). The SMILES string of the molecule is CN(C)C(=O)c1cc2cnc(Nc3ccc(N4CCC(N(C)Cc5cc6c(cc5Br)C(=O)N(C5CCC(=O)NC5=O)C6=O)CC4)cn3)nc2n1C1CCCC1. The Morgan fingerprint density at radius 3 is 2.33 bits per heavy atom. The summed E-state index contributed by atoms with van der Waals surface area (Å²) in [5.41, 5.74) is 3.82. The first-order valence-electron chi connectivity index (χ1n) is 18.8. The van der Waals surface area contributed by atoms with Crippen LogP contribution in [0.5, 0.6) is 0 Å². The Labute approximate surface area is 326 Å². The molecule has 15 nitrogen and oxygen atoms in total. The van der Waals surface area contributed by atoms with Crippen LogP contribution in [0.1, 0.15) is 94.2 Å². The van der Waals surface area contributed by atoms with E-state index in [2.05, 4.69) is 57.9 Å². The molecule has 1 atom stereocenters. The Balaban J connectivity index is 0.889. The van der Waals surface area contributed by atoms with Crippen molar-refractivity contribution in [1.29, 1.82) is 0 Å². The summed E-state index contributed by atoms with van der Waals surface area (Å²) in [6, 6.07) is 8.82. The smallest absolute Gasteiger partial charge is 0.270 e. The molecule has 1 unspecified atom stereocenters. The Morgan fingerprint density at radius 1 is 0.927 bits per heavy atom. The maximum Gasteiger partial charge on any atom is 0.270 e. The molecule has 2 N–H and O–H groups in total. The van der Waals surface area contributed by atoms with Crippen LogP contribution in [-0.2, 0) is 16.1 Å². The van der Waals surface area contributed by atoms with E-state index in [0.29, 0.717) is 30.0 Å². The zero-order chi connectivity index (χ0) is 38.5. The standard InChI is InChI=1S/C39H43BrN10O5/c1-46(2)38(55)31-17-22-19-42-39(45-34(22)49(31)25-6-4-5-7-25)43-32-10-8-26(20-41-32)48-14-12-24(13-15-48)47(3)21-23-16-27-28(18-29(23)40)37(54)50(36(27)53)30-9-11-33(51)44-35(30)52/h8,10,16-20,24-25,30H,4-7,9,11-15,21H2,1-3H3,(H,44,51,52)(H,41,42,43,45). The molecule has 5 amide bonds. The number of pyridine rings is 1. The number of fused-ring (bicyclic) bond motifs is 2. The molecular formula is C39H43BrN10O5. The molecule has 16 heteroatoms. The van der Waals surface area contributed by atoms with Gasteiger partial charge in [0.05, 0.1) is 23.0 Å². The fraction of sp³-hybridized carbons (Fsp3) is 0.436. The van der Waals surface area contributed by atoms with Crippen LogP contribution in [0.25, 0.3) is 11.0 Å². The molecule has 0 radical (unpaired) electrons. The first-order chi connectivity index (χ1) is 26.5. The van der Waals surface area contributed by atoms with E-state index in [-0.39, 0.29) is 35.9 Å². The Morgan fingerprint density at radius 2 is 1.65 bits per heavy atom. The third kappa shape index (κ3) is 6.97. The number of nitrogens with one attached hydrogen (secondary N) is 2. The van der Waals surface area contributed by atoms with E-state index in [1.54, 1.807) is 37.3 Å². The molecule has 1 aromatic carbocycles.